The van der Waals surface area contributed by atoms with E-state index in [-0.39, 0.29) is 5.91 Å². The molecule has 1 aliphatic rings. The zero-order valence-electron chi connectivity index (χ0n) is 17.5. The maximum absolute atomic E-state index is 13.1. The molecule has 9 heteroatoms. The second-order valence-corrected chi connectivity index (χ2v) is 8.61. The van der Waals surface area contributed by atoms with Crippen LogP contribution in [0, 0.1) is 0 Å². The molecular weight excluding hydrogens is 436 g/mol. The summed E-state index contributed by atoms with van der Waals surface area (Å²) in [4.78, 5) is 20.5. The Kier molecular flexibility index (Phi) is 4.80. The van der Waals surface area contributed by atoms with Crippen molar-refractivity contribution in [1.29, 1.82) is 0 Å². The minimum Gasteiger partial charge on any atom is -0.330 e. The van der Waals surface area contributed by atoms with E-state index in [2.05, 4.69) is 26.4 Å². The predicted molar refractivity (Wildman–Crippen MR) is 123 cm³/mol. The van der Waals surface area contributed by atoms with Crippen LogP contribution < -0.4 is 0 Å². The monoisotopic (exact) mass is 454 g/mol. The van der Waals surface area contributed by atoms with Gasteiger partial charge < -0.3 is 14.0 Å². The third kappa shape index (κ3) is 3.62. The van der Waals surface area contributed by atoms with Crippen LogP contribution in [0.2, 0.25) is 0 Å². The van der Waals surface area contributed by atoms with E-state index in [9.17, 15) is 4.79 Å². The van der Waals surface area contributed by atoms with Gasteiger partial charge in [0.1, 0.15) is 0 Å². The van der Waals surface area contributed by atoms with Crippen molar-refractivity contribution >= 4 is 17.2 Å². The van der Waals surface area contributed by atoms with Gasteiger partial charge in [-0.05, 0) is 29.1 Å². The van der Waals surface area contributed by atoms with E-state index in [1.807, 2.05) is 70.6 Å². The minimum atomic E-state index is -0.0207. The molecule has 4 heterocycles. The quantitative estimate of drug-likeness (QED) is 0.400. The topological polar surface area (TPSA) is 89.9 Å². The van der Waals surface area contributed by atoms with E-state index in [0.717, 1.165) is 11.1 Å². The molecule has 0 bridgehead atoms. The predicted octanol–water partition coefficient (Wildman–Crippen LogP) is 4.38. The Morgan fingerprint density at radius 1 is 0.909 bits per heavy atom. The highest BCUT2D eigenvalue weighted by Gasteiger charge is 2.27. The molecule has 0 radical (unpaired) electrons. The van der Waals surface area contributed by atoms with E-state index in [0.29, 0.717) is 48.6 Å². The second kappa shape index (κ2) is 8.10. The summed E-state index contributed by atoms with van der Waals surface area (Å²) in [5.74, 6) is 2.01. The molecule has 0 fully saturated rings. The van der Waals surface area contributed by atoms with Crippen molar-refractivity contribution in [3.8, 4) is 33.5 Å². The Morgan fingerprint density at radius 2 is 1.76 bits per heavy atom. The highest BCUT2D eigenvalue weighted by Crippen LogP contribution is 2.26. The molecule has 6 rings (SSSR count). The van der Waals surface area contributed by atoms with Gasteiger partial charge in [-0.25, -0.2) is 0 Å². The molecule has 0 N–H and O–H groups in total. The lowest BCUT2D eigenvalue weighted by atomic mass is 10.1. The molecule has 0 unspecified atom stereocenters. The molecule has 0 saturated carbocycles. The number of hydrogen-bond acceptors (Lipinski definition) is 7. The molecule has 5 aromatic rings. The van der Waals surface area contributed by atoms with Gasteiger partial charge in [0.15, 0.2) is 5.82 Å². The highest BCUT2D eigenvalue weighted by molar-refractivity contribution is 7.13. The van der Waals surface area contributed by atoms with Gasteiger partial charge in [-0.2, -0.15) is 4.98 Å². The molecule has 162 valence electrons. The number of thiophene rings is 1. The van der Waals surface area contributed by atoms with E-state index in [1.165, 1.54) is 4.88 Å². The number of aromatic nitrogens is 5. The number of amides is 1. The van der Waals surface area contributed by atoms with Crippen molar-refractivity contribution < 1.29 is 9.32 Å². The zero-order valence-corrected chi connectivity index (χ0v) is 18.3. The van der Waals surface area contributed by atoms with Crippen LogP contribution in [-0.4, -0.2) is 42.3 Å². The molecular formula is C24H18N6O2S. The van der Waals surface area contributed by atoms with Gasteiger partial charge in [0.05, 0.1) is 6.54 Å². The molecule has 3 aromatic heterocycles. The van der Waals surface area contributed by atoms with Gasteiger partial charge in [0, 0.05) is 29.1 Å². The van der Waals surface area contributed by atoms with Gasteiger partial charge in [0.25, 0.3) is 11.8 Å². The van der Waals surface area contributed by atoms with E-state index in [1.54, 1.807) is 16.2 Å². The van der Waals surface area contributed by atoms with E-state index >= 15 is 0 Å². The van der Waals surface area contributed by atoms with Crippen LogP contribution in [0.25, 0.3) is 33.5 Å². The van der Waals surface area contributed by atoms with Crippen molar-refractivity contribution in [3.63, 3.8) is 0 Å². The molecule has 8 nitrogen and oxygen atoms in total. The number of hydrogen-bond donors (Lipinski definition) is 0. The number of carbonyl (C=O) groups excluding carboxylic acids is 1. The zero-order chi connectivity index (χ0) is 22.2. The molecule has 33 heavy (non-hydrogen) atoms. The van der Waals surface area contributed by atoms with Crippen molar-refractivity contribution in [1.82, 2.24) is 29.8 Å². The lowest BCUT2D eigenvalue weighted by Gasteiger charge is -2.27. The van der Waals surface area contributed by atoms with Crippen LogP contribution in [0.3, 0.4) is 0 Å². The number of fused-ring (bicyclic) bond motifs is 1. The maximum Gasteiger partial charge on any atom is 0.296 e. The van der Waals surface area contributed by atoms with Crippen LogP contribution in [0.5, 0.6) is 0 Å². The van der Waals surface area contributed by atoms with Crippen LogP contribution in [0.1, 0.15) is 16.2 Å². The molecule has 0 atom stereocenters. The Bertz CT molecular complexity index is 1410. The summed E-state index contributed by atoms with van der Waals surface area (Å²) in [7, 11) is 0. The number of benzene rings is 2. The van der Waals surface area contributed by atoms with E-state index in [4.69, 9.17) is 4.52 Å². The molecule has 0 aliphatic carbocycles. The number of rotatable bonds is 4. The fourth-order valence-electron chi connectivity index (χ4n) is 3.91. The molecule has 0 spiro atoms. The Labute approximate surface area is 193 Å². The van der Waals surface area contributed by atoms with Crippen molar-refractivity contribution in [2.24, 2.45) is 0 Å². The second-order valence-electron chi connectivity index (χ2n) is 7.66. The lowest BCUT2D eigenvalue weighted by molar-refractivity contribution is 0.0708. The molecule has 2 aromatic carbocycles. The van der Waals surface area contributed by atoms with Crippen molar-refractivity contribution in [2.45, 2.75) is 13.1 Å². The first-order chi connectivity index (χ1) is 16.3. The third-order valence-electron chi connectivity index (χ3n) is 5.63. The SMILES string of the molecule is O=C(c1ccc(-c2cccs2)cc1)N1CCn2c(nnc2-c2nc(-c3ccccc3)no2)C1. The molecule has 0 saturated heterocycles. The van der Waals surface area contributed by atoms with E-state index < -0.39 is 0 Å². The summed E-state index contributed by atoms with van der Waals surface area (Å²) in [6.07, 6.45) is 0. The molecule has 1 aliphatic heterocycles. The van der Waals surface area contributed by atoms with Gasteiger partial charge in [-0.3, -0.25) is 4.79 Å². The Balaban J connectivity index is 1.20. The van der Waals surface area contributed by atoms with Crippen molar-refractivity contribution in [2.75, 3.05) is 6.54 Å². The van der Waals surface area contributed by atoms with Gasteiger partial charge in [-0.15, -0.1) is 21.5 Å². The lowest BCUT2D eigenvalue weighted by Crippen LogP contribution is -2.38. The summed E-state index contributed by atoms with van der Waals surface area (Å²) in [5, 5.41) is 14.7. The van der Waals surface area contributed by atoms with Crippen LogP contribution in [0.4, 0.5) is 0 Å². The highest BCUT2D eigenvalue weighted by atomic mass is 32.1. The standard InChI is InChI=1S/C24H18N6O2S/c31-24(18-10-8-16(9-11-18)19-7-4-14-33-19)29-12-13-30-20(15-29)26-27-22(30)23-25-21(28-32-23)17-5-2-1-3-6-17/h1-11,14H,12-13,15H2. The largest absolute Gasteiger partial charge is 0.330 e. The summed E-state index contributed by atoms with van der Waals surface area (Å²) in [6.45, 7) is 1.47. The summed E-state index contributed by atoms with van der Waals surface area (Å²) in [6, 6.07) is 21.5. The average molecular weight is 455 g/mol. The summed E-state index contributed by atoms with van der Waals surface area (Å²) < 4.78 is 7.39. The summed E-state index contributed by atoms with van der Waals surface area (Å²) >= 11 is 1.68. The fourth-order valence-corrected chi connectivity index (χ4v) is 4.64. The first kappa shape index (κ1) is 19.6. The number of nitrogens with zero attached hydrogens (tertiary/aromatic N) is 6. The Hall–Kier alpha value is -4.11. The van der Waals surface area contributed by atoms with Crippen LogP contribution >= 0.6 is 11.3 Å². The smallest absolute Gasteiger partial charge is 0.296 e. The third-order valence-corrected chi connectivity index (χ3v) is 6.55. The van der Waals surface area contributed by atoms with Gasteiger partial charge in [0.2, 0.25) is 11.6 Å². The van der Waals surface area contributed by atoms with Crippen LogP contribution in [0.15, 0.2) is 76.6 Å². The minimum absolute atomic E-state index is 0.0207. The first-order valence-corrected chi connectivity index (χ1v) is 11.4. The Morgan fingerprint density at radius 3 is 2.55 bits per heavy atom. The fraction of sp³-hybridized carbons (Fsp3) is 0.125. The van der Waals surface area contributed by atoms with Gasteiger partial charge >= 0.3 is 0 Å². The first-order valence-electron chi connectivity index (χ1n) is 10.5. The summed E-state index contributed by atoms with van der Waals surface area (Å²) in [5.41, 5.74) is 2.64. The van der Waals surface area contributed by atoms with Crippen LogP contribution in [-0.2, 0) is 13.1 Å². The average Bonchev–Trinajstić information content (AvgIpc) is 3.64. The van der Waals surface area contributed by atoms with Gasteiger partial charge in [-0.1, -0.05) is 53.7 Å². The molecule has 1 amide bonds. The van der Waals surface area contributed by atoms with Crippen molar-refractivity contribution in [3.05, 3.63) is 83.5 Å². The maximum atomic E-state index is 13.1. The number of carbonyl (C=O) groups is 1. The normalized spacial score (nSPS) is 13.2.